The second-order valence-electron chi connectivity index (χ2n) is 9.07. The summed E-state index contributed by atoms with van der Waals surface area (Å²) in [6.07, 6.45) is 7.08. The average Bonchev–Trinajstić information content (AvgIpc) is 3.68. The van der Waals surface area contributed by atoms with Crippen molar-refractivity contribution < 1.29 is 9.53 Å². The van der Waals surface area contributed by atoms with Gasteiger partial charge in [-0.1, -0.05) is 30.3 Å². The maximum Gasteiger partial charge on any atom is 0.255 e. The summed E-state index contributed by atoms with van der Waals surface area (Å²) in [7, 11) is 0. The number of hydrogen-bond acceptors (Lipinski definition) is 6. The van der Waals surface area contributed by atoms with E-state index in [9.17, 15) is 10.1 Å². The molecule has 0 saturated heterocycles. The van der Waals surface area contributed by atoms with Gasteiger partial charge in [-0.15, -0.1) is 0 Å². The van der Waals surface area contributed by atoms with Crippen molar-refractivity contribution in [3.8, 4) is 28.8 Å². The molecule has 6 rings (SSSR count). The SMILES string of the molecule is N#CCC(c1cccc(C(=O)Nc2ccc(Oc3ccccc3)cc2)c1)n1cc(-c2ncnc3[nH]ccc23)cn1. The predicted molar refractivity (Wildman–Crippen MR) is 151 cm³/mol. The molecule has 0 saturated carbocycles. The van der Waals surface area contributed by atoms with Gasteiger partial charge in [-0.2, -0.15) is 10.4 Å². The molecule has 6 aromatic rings. The summed E-state index contributed by atoms with van der Waals surface area (Å²) in [5.41, 5.74) is 4.21. The molecule has 40 heavy (non-hydrogen) atoms. The van der Waals surface area contributed by atoms with Gasteiger partial charge in [-0.3, -0.25) is 9.48 Å². The molecule has 3 aromatic carbocycles. The number of hydrogen-bond donors (Lipinski definition) is 2. The topological polar surface area (TPSA) is 122 Å². The molecule has 2 N–H and O–H groups in total. The highest BCUT2D eigenvalue weighted by Crippen LogP contribution is 2.28. The number of ether oxygens (including phenoxy) is 1. The zero-order valence-electron chi connectivity index (χ0n) is 21.2. The van der Waals surface area contributed by atoms with Crippen molar-refractivity contribution in [2.75, 3.05) is 5.32 Å². The van der Waals surface area contributed by atoms with Crippen molar-refractivity contribution in [3.63, 3.8) is 0 Å². The lowest BCUT2D eigenvalue weighted by Crippen LogP contribution is -2.15. The van der Waals surface area contributed by atoms with E-state index in [2.05, 4.69) is 31.4 Å². The zero-order chi connectivity index (χ0) is 27.3. The number of nitrogens with one attached hydrogen (secondary N) is 2. The molecule has 1 amide bonds. The molecule has 9 heteroatoms. The van der Waals surface area contributed by atoms with Crippen LogP contribution in [-0.4, -0.2) is 30.6 Å². The maximum absolute atomic E-state index is 13.1. The number of amides is 1. The quantitative estimate of drug-likeness (QED) is 0.238. The van der Waals surface area contributed by atoms with Gasteiger partial charge in [-0.25, -0.2) is 9.97 Å². The van der Waals surface area contributed by atoms with E-state index in [4.69, 9.17) is 4.74 Å². The summed E-state index contributed by atoms with van der Waals surface area (Å²) in [5, 5.41) is 17.9. The molecular formula is C31H23N7O2. The number of para-hydroxylation sites is 1. The van der Waals surface area contributed by atoms with E-state index in [1.165, 1.54) is 6.33 Å². The minimum absolute atomic E-state index is 0.179. The van der Waals surface area contributed by atoms with Crippen LogP contribution < -0.4 is 10.1 Å². The van der Waals surface area contributed by atoms with Gasteiger partial charge in [0.05, 0.1) is 30.4 Å². The number of anilines is 1. The Balaban J connectivity index is 1.20. The molecule has 3 aromatic heterocycles. The lowest BCUT2D eigenvalue weighted by atomic mass is 10.0. The Kier molecular flexibility index (Phi) is 6.72. The number of rotatable bonds is 8. The number of aromatic amines is 1. The second-order valence-corrected chi connectivity index (χ2v) is 9.07. The van der Waals surface area contributed by atoms with E-state index >= 15 is 0 Å². The highest BCUT2D eigenvalue weighted by molar-refractivity contribution is 6.04. The zero-order valence-corrected chi connectivity index (χ0v) is 21.2. The van der Waals surface area contributed by atoms with Gasteiger partial charge in [0, 0.05) is 34.6 Å². The Hall–Kier alpha value is -5.75. The number of nitriles is 1. The van der Waals surface area contributed by atoms with E-state index in [0.29, 0.717) is 17.0 Å². The van der Waals surface area contributed by atoms with Crippen LogP contribution in [-0.2, 0) is 0 Å². The van der Waals surface area contributed by atoms with Crippen molar-refractivity contribution >= 4 is 22.6 Å². The summed E-state index contributed by atoms with van der Waals surface area (Å²) < 4.78 is 7.56. The number of carbonyl (C=O) groups is 1. The molecule has 0 spiro atoms. The van der Waals surface area contributed by atoms with Crippen LogP contribution in [0.5, 0.6) is 11.5 Å². The van der Waals surface area contributed by atoms with E-state index in [-0.39, 0.29) is 18.4 Å². The molecule has 1 atom stereocenters. The van der Waals surface area contributed by atoms with Crippen LogP contribution in [0.25, 0.3) is 22.3 Å². The number of H-pyrrole nitrogens is 1. The van der Waals surface area contributed by atoms with Crippen LogP contribution in [0.2, 0.25) is 0 Å². The Morgan fingerprint density at radius 1 is 1.00 bits per heavy atom. The first-order chi connectivity index (χ1) is 19.7. The minimum Gasteiger partial charge on any atom is -0.457 e. The van der Waals surface area contributed by atoms with Crippen molar-refractivity contribution in [2.45, 2.75) is 12.5 Å². The van der Waals surface area contributed by atoms with Gasteiger partial charge in [0.15, 0.2) is 0 Å². The molecule has 0 aliphatic carbocycles. The molecule has 194 valence electrons. The van der Waals surface area contributed by atoms with Crippen molar-refractivity contribution in [3.05, 3.63) is 121 Å². The molecule has 0 aliphatic heterocycles. The monoisotopic (exact) mass is 525 g/mol. The molecule has 0 radical (unpaired) electrons. The summed E-state index contributed by atoms with van der Waals surface area (Å²) in [4.78, 5) is 24.9. The fraction of sp³-hybridized carbons (Fsp3) is 0.0645. The lowest BCUT2D eigenvalue weighted by molar-refractivity contribution is 0.102. The summed E-state index contributed by atoms with van der Waals surface area (Å²) in [6, 6.07) is 27.7. The minimum atomic E-state index is -0.385. The van der Waals surface area contributed by atoms with Gasteiger partial charge >= 0.3 is 0 Å². The van der Waals surface area contributed by atoms with Crippen molar-refractivity contribution in [1.82, 2.24) is 24.7 Å². The van der Waals surface area contributed by atoms with Crippen LogP contribution in [0.4, 0.5) is 5.69 Å². The van der Waals surface area contributed by atoms with Gasteiger partial charge in [-0.05, 0) is 60.2 Å². The molecule has 0 bridgehead atoms. The van der Waals surface area contributed by atoms with Crippen LogP contribution in [0.3, 0.4) is 0 Å². The van der Waals surface area contributed by atoms with Gasteiger partial charge < -0.3 is 15.0 Å². The number of carbonyl (C=O) groups excluding carboxylic acids is 1. The summed E-state index contributed by atoms with van der Waals surface area (Å²) in [5.74, 6) is 1.15. The van der Waals surface area contributed by atoms with Crippen LogP contribution >= 0.6 is 0 Å². The largest absolute Gasteiger partial charge is 0.457 e. The first-order valence-electron chi connectivity index (χ1n) is 12.6. The Morgan fingerprint density at radius 2 is 1.82 bits per heavy atom. The Labute approximate surface area is 229 Å². The smallest absolute Gasteiger partial charge is 0.255 e. The number of benzene rings is 3. The van der Waals surface area contributed by atoms with Crippen LogP contribution in [0.1, 0.15) is 28.4 Å². The molecule has 0 aliphatic rings. The number of aromatic nitrogens is 5. The molecule has 9 nitrogen and oxygen atoms in total. The standard InChI is InChI=1S/C31H23N7O2/c32-15-13-28(38-19-23(18-36-38)29-27-14-16-33-30(27)35-20-34-29)21-5-4-6-22(17-21)31(39)37-24-9-11-26(12-10-24)40-25-7-2-1-3-8-25/h1-12,14,16-20,28H,13H2,(H,37,39)(H,33,34,35). The summed E-state index contributed by atoms with van der Waals surface area (Å²) >= 11 is 0. The molecule has 3 heterocycles. The highest BCUT2D eigenvalue weighted by atomic mass is 16.5. The van der Waals surface area contributed by atoms with E-state index < -0.39 is 0 Å². The maximum atomic E-state index is 13.1. The normalized spacial score (nSPS) is 11.6. The Bertz CT molecular complexity index is 1820. The number of fused-ring (bicyclic) bond motifs is 1. The molecule has 1 unspecified atom stereocenters. The van der Waals surface area contributed by atoms with E-state index in [1.54, 1.807) is 47.3 Å². The predicted octanol–water partition coefficient (Wildman–Crippen LogP) is 6.37. The second kappa shape index (κ2) is 10.9. The number of nitrogens with zero attached hydrogens (tertiary/aromatic N) is 5. The molecule has 0 fully saturated rings. The third kappa shape index (κ3) is 5.14. The lowest BCUT2D eigenvalue weighted by Gasteiger charge is -2.16. The van der Waals surface area contributed by atoms with E-state index in [1.807, 2.05) is 60.9 Å². The third-order valence-corrected chi connectivity index (χ3v) is 6.46. The van der Waals surface area contributed by atoms with E-state index in [0.717, 1.165) is 33.6 Å². The van der Waals surface area contributed by atoms with Crippen molar-refractivity contribution in [2.24, 2.45) is 0 Å². The highest BCUT2D eigenvalue weighted by Gasteiger charge is 2.19. The fourth-order valence-electron chi connectivity index (χ4n) is 4.51. The van der Waals surface area contributed by atoms with Gasteiger partial charge in [0.25, 0.3) is 5.91 Å². The van der Waals surface area contributed by atoms with Gasteiger partial charge in [0.2, 0.25) is 0 Å². The van der Waals surface area contributed by atoms with Gasteiger partial charge in [0.1, 0.15) is 23.5 Å². The molecular weight excluding hydrogens is 502 g/mol. The first-order valence-corrected chi connectivity index (χ1v) is 12.6. The summed E-state index contributed by atoms with van der Waals surface area (Å²) in [6.45, 7) is 0. The Morgan fingerprint density at radius 3 is 2.65 bits per heavy atom. The van der Waals surface area contributed by atoms with Crippen LogP contribution in [0, 0.1) is 11.3 Å². The fourth-order valence-corrected chi connectivity index (χ4v) is 4.51. The van der Waals surface area contributed by atoms with Crippen molar-refractivity contribution in [1.29, 1.82) is 5.26 Å². The third-order valence-electron chi connectivity index (χ3n) is 6.46. The average molecular weight is 526 g/mol. The first kappa shape index (κ1) is 24.6. The van der Waals surface area contributed by atoms with Crippen LogP contribution in [0.15, 0.2) is 110 Å².